The van der Waals surface area contributed by atoms with Gasteiger partial charge in [-0.3, -0.25) is 9.69 Å². The molecule has 0 aliphatic carbocycles. The quantitative estimate of drug-likeness (QED) is 0.791. The van der Waals surface area contributed by atoms with Gasteiger partial charge in [0.15, 0.2) is 0 Å². The summed E-state index contributed by atoms with van der Waals surface area (Å²) in [5.74, 6) is 0.900. The largest absolute Gasteiger partial charge is 0.339 e. The minimum atomic E-state index is -0.197. The Bertz CT molecular complexity index is 687. The highest BCUT2D eigenvalue weighted by Crippen LogP contribution is 2.16. The lowest BCUT2D eigenvalue weighted by molar-refractivity contribution is -0.130. The number of carbonyl (C=O) groups is 1. The molecule has 0 N–H and O–H groups in total. The molecule has 1 aliphatic heterocycles. The van der Waals surface area contributed by atoms with Crippen LogP contribution < -0.4 is 0 Å². The molecule has 3 nitrogen and oxygen atoms in total. The average Bonchev–Trinajstić information content (AvgIpc) is 2.65. The van der Waals surface area contributed by atoms with Crippen LogP contribution in [0.25, 0.3) is 0 Å². The van der Waals surface area contributed by atoms with Crippen LogP contribution in [0.3, 0.4) is 0 Å². The van der Waals surface area contributed by atoms with Crippen molar-refractivity contribution in [2.24, 2.45) is 0 Å². The fraction of sp³-hybridized carbons (Fsp3) is 0.350. The Morgan fingerprint density at radius 2 is 1.64 bits per heavy atom. The Balaban J connectivity index is 1.39. The van der Waals surface area contributed by atoms with Crippen molar-refractivity contribution in [1.29, 1.82) is 0 Å². The highest BCUT2D eigenvalue weighted by molar-refractivity contribution is 7.99. The van der Waals surface area contributed by atoms with Crippen LogP contribution in [0.2, 0.25) is 0 Å². The van der Waals surface area contributed by atoms with E-state index in [2.05, 4.69) is 29.2 Å². The number of hydrogen-bond donors (Lipinski definition) is 0. The van der Waals surface area contributed by atoms with Gasteiger partial charge in [0.1, 0.15) is 5.82 Å². The molecule has 25 heavy (non-hydrogen) atoms. The molecule has 0 unspecified atom stereocenters. The van der Waals surface area contributed by atoms with Crippen LogP contribution in [0, 0.1) is 5.82 Å². The van der Waals surface area contributed by atoms with Gasteiger partial charge in [0.25, 0.3) is 0 Å². The molecule has 3 rings (SSSR count). The second kappa shape index (κ2) is 9.02. The first-order chi connectivity index (χ1) is 12.2. The van der Waals surface area contributed by atoms with Crippen molar-refractivity contribution in [3.05, 3.63) is 71.5 Å². The Hall–Kier alpha value is -1.85. The molecule has 5 heteroatoms. The average molecular weight is 358 g/mol. The Morgan fingerprint density at radius 3 is 2.36 bits per heavy atom. The molecule has 0 radical (unpaired) electrons. The first-order valence-electron chi connectivity index (χ1n) is 8.57. The zero-order valence-corrected chi connectivity index (χ0v) is 15.1. The molecule has 1 fully saturated rings. The van der Waals surface area contributed by atoms with Crippen molar-refractivity contribution >= 4 is 17.7 Å². The Kier molecular flexibility index (Phi) is 6.48. The lowest BCUT2D eigenvalue weighted by Gasteiger charge is -2.34. The maximum absolute atomic E-state index is 13.6. The molecule has 1 aliphatic rings. The second-order valence-electron chi connectivity index (χ2n) is 6.23. The third kappa shape index (κ3) is 5.31. The van der Waals surface area contributed by atoms with E-state index in [-0.39, 0.29) is 11.7 Å². The van der Waals surface area contributed by atoms with E-state index in [0.717, 1.165) is 32.7 Å². The normalized spacial score (nSPS) is 15.3. The summed E-state index contributed by atoms with van der Waals surface area (Å²) in [5.41, 5.74) is 1.97. The van der Waals surface area contributed by atoms with Crippen molar-refractivity contribution < 1.29 is 9.18 Å². The maximum atomic E-state index is 13.6. The van der Waals surface area contributed by atoms with Crippen LogP contribution in [0.4, 0.5) is 4.39 Å². The van der Waals surface area contributed by atoms with Gasteiger partial charge in [-0.15, -0.1) is 11.8 Å². The number of carbonyl (C=O) groups excluding carboxylic acids is 1. The van der Waals surface area contributed by atoms with Crippen molar-refractivity contribution in [3.8, 4) is 0 Å². The number of benzene rings is 2. The van der Waals surface area contributed by atoms with Crippen molar-refractivity contribution in [3.63, 3.8) is 0 Å². The van der Waals surface area contributed by atoms with Gasteiger partial charge in [0.2, 0.25) is 5.91 Å². The molecular weight excluding hydrogens is 335 g/mol. The maximum Gasteiger partial charge on any atom is 0.232 e. The van der Waals surface area contributed by atoms with E-state index in [1.54, 1.807) is 12.1 Å². The summed E-state index contributed by atoms with van der Waals surface area (Å²) < 4.78 is 13.6. The van der Waals surface area contributed by atoms with Gasteiger partial charge in [-0.2, -0.15) is 0 Å². The molecule has 0 saturated carbocycles. The number of nitrogens with zero attached hydrogens (tertiary/aromatic N) is 2. The fourth-order valence-electron chi connectivity index (χ4n) is 2.95. The zero-order chi connectivity index (χ0) is 17.5. The minimum absolute atomic E-state index is 0.153. The SMILES string of the molecule is O=C(CSCc1ccccc1F)N1CCN(Cc2ccccc2)CC1. The fourth-order valence-corrected chi connectivity index (χ4v) is 3.87. The molecule has 2 aromatic rings. The number of thioether (sulfide) groups is 1. The van der Waals surface area contributed by atoms with E-state index in [0.29, 0.717) is 17.1 Å². The number of hydrogen-bond acceptors (Lipinski definition) is 3. The van der Waals surface area contributed by atoms with Gasteiger partial charge >= 0.3 is 0 Å². The molecule has 0 bridgehead atoms. The van der Waals surface area contributed by atoms with Crippen molar-refractivity contribution in [2.45, 2.75) is 12.3 Å². The number of halogens is 1. The van der Waals surface area contributed by atoms with Crippen LogP contribution in [0.1, 0.15) is 11.1 Å². The molecular formula is C20H23FN2OS. The standard InChI is InChI=1S/C20H23FN2OS/c21-19-9-5-4-8-18(19)15-25-16-20(24)23-12-10-22(11-13-23)14-17-6-2-1-3-7-17/h1-9H,10-16H2. The molecule has 1 amide bonds. The predicted octanol–water partition coefficient (Wildman–Crippen LogP) is 3.40. The lowest BCUT2D eigenvalue weighted by atomic mass is 10.2. The van der Waals surface area contributed by atoms with Gasteiger partial charge in [-0.1, -0.05) is 48.5 Å². The van der Waals surface area contributed by atoms with Gasteiger partial charge in [0.05, 0.1) is 5.75 Å². The van der Waals surface area contributed by atoms with E-state index in [9.17, 15) is 9.18 Å². The molecule has 1 heterocycles. The summed E-state index contributed by atoms with van der Waals surface area (Å²) in [6.07, 6.45) is 0. The Morgan fingerprint density at radius 1 is 0.960 bits per heavy atom. The number of amides is 1. The second-order valence-corrected chi connectivity index (χ2v) is 7.21. The topological polar surface area (TPSA) is 23.6 Å². The van der Waals surface area contributed by atoms with Crippen LogP contribution in [-0.4, -0.2) is 47.6 Å². The van der Waals surface area contributed by atoms with Crippen LogP contribution >= 0.6 is 11.8 Å². The molecule has 132 valence electrons. The van der Waals surface area contributed by atoms with Crippen LogP contribution in [-0.2, 0) is 17.1 Å². The van der Waals surface area contributed by atoms with E-state index in [1.807, 2.05) is 17.0 Å². The van der Waals surface area contributed by atoms with E-state index < -0.39 is 0 Å². The summed E-state index contributed by atoms with van der Waals surface area (Å²) in [4.78, 5) is 16.6. The molecule has 2 aromatic carbocycles. The summed E-state index contributed by atoms with van der Waals surface area (Å²) in [6.45, 7) is 4.28. The first kappa shape index (κ1) is 18.0. The number of rotatable bonds is 6. The van der Waals surface area contributed by atoms with Gasteiger partial charge in [0, 0.05) is 38.5 Å². The lowest BCUT2D eigenvalue weighted by Crippen LogP contribution is -2.48. The van der Waals surface area contributed by atoms with Crippen molar-refractivity contribution in [2.75, 3.05) is 31.9 Å². The summed E-state index contributed by atoms with van der Waals surface area (Å²) in [5, 5.41) is 0. The monoisotopic (exact) mass is 358 g/mol. The third-order valence-electron chi connectivity index (χ3n) is 4.41. The third-order valence-corrected chi connectivity index (χ3v) is 5.38. The minimum Gasteiger partial charge on any atom is -0.339 e. The first-order valence-corrected chi connectivity index (χ1v) is 9.73. The van der Waals surface area contributed by atoms with Gasteiger partial charge in [-0.25, -0.2) is 4.39 Å². The predicted molar refractivity (Wildman–Crippen MR) is 101 cm³/mol. The summed E-state index contributed by atoms with van der Waals surface area (Å²) >= 11 is 1.48. The van der Waals surface area contributed by atoms with E-state index in [4.69, 9.17) is 0 Å². The van der Waals surface area contributed by atoms with Crippen LogP contribution in [0.5, 0.6) is 0 Å². The molecule has 0 aromatic heterocycles. The van der Waals surface area contributed by atoms with Crippen LogP contribution in [0.15, 0.2) is 54.6 Å². The Labute approximate surface area is 152 Å². The molecule has 1 saturated heterocycles. The van der Waals surface area contributed by atoms with E-state index >= 15 is 0 Å². The van der Waals surface area contributed by atoms with E-state index in [1.165, 1.54) is 23.4 Å². The van der Waals surface area contributed by atoms with Gasteiger partial charge < -0.3 is 4.90 Å². The molecule has 0 spiro atoms. The molecule has 0 atom stereocenters. The highest BCUT2D eigenvalue weighted by atomic mass is 32.2. The smallest absolute Gasteiger partial charge is 0.232 e. The van der Waals surface area contributed by atoms with Gasteiger partial charge in [-0.05, 0) is 17.2 Å². The van der Waals surface area contributed by atoms with Crippen molar-refractivity contribution in [1.82, 2.24) is 9.80 Å². The summed E-state index contributed by atoms with van der Waals surface area (Å²) in [7, 11) is 0. The zero-order valence-electron chi connectivity index (χ0n) is 14.2. The summed E-state index contributed by atoms with van der Waals surface area (Å²) in [6, 6.07) is 17.2. The number of piperazine rings is 1. The highest BCUT2D eigenvalue weighted by Gasteiger charge is 2.20.